The van der Waals surface area contributed by atoms with Crippen LogP contribution in [0.2, 0.25) is 0 Å². The summed E-state index contributed by atoms with van der Waals surface area (Å²) in [5.74, 6) is 0.941. The molecule has 1 aromatic carbocycles. The van der Waals surface area contributed by atoms with E-state index in [1.54, 1.807) is 29.2 Å². The lowest BCUT2D eigenvalue weighted by atomic mass is 10.2. The molecule has 1 amide bonds. The average molecular weight is 433 g/mol. The standard InChI is InChI=1S/C19H21FN6OS2/c1-11-14-10-13(20)5-6-15(14)23-18(22-11)26-8-3-4-16(26)17(27)21-7-9-28-19-25-24-12(2)29-19/h5-6,10,16H,3-4,7-9H2,1-2H3,(H,21,27). The molecule has 1 aliphatic rings. The van der Waals surface area contributed by atoms with Crippen molar-refractivity contribution in [2.45, 2.75) is 37.1 Å². The zero-order valence-electron chi connectivity index (χ0n) is 16.2. The third-order valence-corrected chi connectivity index (χ3v) is 6.76. The predicted octanol–water partition coefficient (Wildman–Crippen LogP) is 3.11. The van der Waals surface area contributed by atoms with E-state index < -0.39 is 0 Å². The zero-order valence-corrected chi connectivity index (χ0v) is 17.8. The minimum atomic E-state index is -0.308. The summed E-state index contributed by atoms with van der Waals surface area (Å²) in [5.41, 5.74) is 1.39. The molecule has 1 aliphatic heterocycles. The maximum Gasteiger partial charge on any atom is 0.242 e. The quantitative estimate of drug-likeness (QED) is 0.473. The number of aromatic nitrogens is 4. The zero-order chi connectivity index (χ0) is 20.4. The second kappa shape index (κ2) is 8.58. The predicted molar refractivity (Wildman–Crippen MR) is 113 cm³/mol. The van der Waals surface area contributed by atoms with E-state index in [4.69, 9.17) is 0 Å². The maximum absolute atomic E-state index is 13.5. The molecule has 10 heteroatoms. The summed E-state index contributed by atoms with van der Waals surface area (Å²) >= 11 is 3.14. The van der Waals surface area contributed by atoms with Crippen molar-refractivity contribution in [1.82, 2.24) is 25.5 Å². The number of thioether (sulfide) groups is 1. The van der Waals surface area contributed by atoms with E-state index in [0.717, 1.165) is 34.5 Å². The Balaban J connectivity index is 1.41. The number of amides is 1. The molecule has 0 saturated carbocycles. The van der Waals surface area contributed by atoms with Crippen LogP contribution >= 0.6 is 23.1 Å². The Morgan fingerprint density at radius 1 is 1.34 bits per heavy atom. The highest BCUT2D eigenvalue weighted by Gasteiger charge is 2.32. The fraction of sp³-hybridized carbons (Fsp3) is 0.421. The SMILES string of the molecule is Cc1nnc(SCCNC(=O)C2CCCN2c2nc(C)c3cc(F)ccc3n2)s1. The maximum atomic E-state index is 13.5. The minimum Gasteiger partial charge on any atom is -0.353 e. The van der Waals surface area contributed by atoms with Crippen molar-refractivity contribution in [2.24, 2.45) is 0 Å². The van der Waals surface area contributed by atoms with Gasteiger partial charge in [0.05, 0.1) is 11.2 Å². The number of benzene rings is 1. The molecule has 0 bridgehead atoms. The van der Waals surface area contributed by atoms with Crippen LogP contribution in [-0.2, 0) is 4.79 Å². The van der Waals surface area contributed by atoms with Crippen molar-refractivity contribution in [3.63, 3.8) is 0 Å². The first-order chi connectivity index (χ1) is 14.0. The van der Waals surface area contributed by atoms with Crippen molar-refractivity contribution in [3.05, 3.63) is 34.7 Å². The molecule has 1 unspecified atom stereocenters. The second-order valence-electron chi connectivity index (χ2n) is 6.85. The van der Waals surface area contributed by atoms with Crippen molar-refractivity contribution in [1.29, 1.82) is 0 Å². The lowest BCUT2D eigenvalue weighted by molar-refractivity contribution is -0.122. The highest BCUT2D eigenvalue weighted by Crippen LogP contribution is 2.26. The van der Waals surface area contributed by atoms with Gasteiger partial charge in [0.2, 0.25) is 11.9 Å². The van der Waals surface area contributed by atoms with Gasteiger partial charge < -0.3 is 10.2 Å². The van der Waals surface area contributed by atoms with Crippen LogP contribution < -0.4 is 10.2 Å². The van der Waals surface area contributed by atoms with Crippen molar-refractivity contribution in [2.75, 3.05) is 23.7 Å². The highest BCUT2D eigenvalue weighted by molar-refractivity contribution is 8.01. The molecule has 0 spiro atoms. The number of nitrogens with one attached hydrogen (secondary N) is 1. The fourth-order valence-electron chi connectivity index (χ4n) is 3.41. The normalized spacial score (nSPS) is 16.5. The van der Waals surface area contributed by atoms with Crippen LogP contribution in [0.4, 0.5) is 10.3 Å². The van der Waals surface area contributed by atoms with E-state index in [-0.39, 0.29) is 17.8 Å². The number of carbonyl (C=O) groups excluding carboxylic acids is 1. The summed E-state index contributed by atoms with van der Waals surface area (Å²) in [6.45, 7) is 5.04. The van der Waals surface area contributed by atoms with Gasteiger partial charge in [-0.05, 0) is 44.9 Å². The Labute approximate surface area is 176 Å². The van der Waals surface area contributed by atoms with Crippen LogP contribution in [0.3, 0.4) is 0 Å². The third-order valence-electron chi connectivity index (χ3n) is 4.78. The molecular formula is C19H21FN6OS2. The first-order valence-corrected chi connectivity index (χ1v) is 11.2. The largest absolute Gasteiger partial charge is 0.353 e. The third kappa shape index (κ3) is 4.48. The number of nitrogens with zero attached hydrogens (tertiary/aromatic N) is 5. The van der Waals surface area contributed by atoms with Crippen LogP contribution in [0.1, 0.15) is 23.5 Å². The molecule has 1 atom stereocenters. The Hall–Kier alpha value is -2.33. The minimum absolute atomic E-state index is 0.0167. The number of rotatable bonds is 6. The molecule has 4 rings (SSSR count). The molecule has 2 aromatic heterocycles. The summed E-state index contributed by atoms with van der Waals surface area (Å²) in [4.78, 5) is 23.8. The molecule has 1 saturated heterocycles. The number of halogens is 1. The highest BCUT2D eigenvalue weighted by atomic mass is 32.2. The van der Waals surface area contributed by atoms with Gasteiger partial charge in [-0.25, -0.2) is 14.4 Å². The lowest BCUT2D eigenvalue weighted by Gasteiger charge is -2.24. The summed E-state index contributed by atoms with van der Waals surface area (Å²) in [6, 6.07) is 4.20. The Morgan fingerprint density at radius 2 is 2.21 bits per heavy atom. The molecule has 1 fully saturated rings. The van der Waals surface area contributed by atoms with E-state index in [0.29, 0.717) is 29.1 Å². The topological polar surface area (TPSA) is 83.9 Å². The molecular weight excluding hydrogens is 411 g/mol. The van der Waals surface area contributed by atoms with Gasteiger partial charge in [0, 0.05) is 24.2 Å². The Morgan fingerprint density at radius 3 is 3.00 bits per heavy atom. The van der Waals surface area contributed by atoms with E-state index in [9.17, 15) is 9.18 Å². The summed E-state index contributed by atoms with van der Waals surface area (Å²) in [6.07, 6.45) is 1.67. The number of hydrogen-bond acceptors (Lipinski definition) is 8. The van der Waals surface area contributed by atoms with Gasteiger partial charge in [-0.15, -0.1) is 10.2 Å². The first kappa shape index (κ1) is 20.0. The second-order valence-corrected chi connectivity index (χ2v) is 9.37. The molecule has 3 heterocycles. The molecule has 152 valence electrons. The van der Waals surface area contributed by atoms with Crippen molar-refractivity contribution in [3.8, 4) is 0 Å². The molecule has 7 nitrogen and oxygen atoms in total. The van der Waals surface area contributed by atoms with Crippen LogP contribution in [0.15, 0.2) is 22.5 Å². The summed E-state index contributed by atoms with van der Waals surface area (Å²) in [5, 5.41) is 12.7. The first-order valence-electron chi connectivity index (χ1n) is 9.42. The van der Waals surface area contributed by atoms with Crippen LogP contribution in [-0.4, -0.2) is 51.0 Å². The fourth-order valence-corrected chi connectivity index (χ4v) is 5.15. The molecule has 29 heavy (non-hydrogen) atoms. The van der Waals surface area contributed by atoms with E-state index in [1.807, 2.05) is 18.7 Å². The van der Waals surface area contributed by atoms with Gasteiger partial charge >= 0.3 is 0 Å². The Bertz CT molecular complexity index is 1040. The number of hydrogen-bond donors (Lipinski definition) is 1. The van der Waals surface area contributed by atoms with E-state index in [1.165, 1.54) is 12.1 Å². The van der Waals surface area contributed by atoms with Gasteiger partial charge in [-0.1, -0.05) is 23.1 Å². The van der Waals surface area contributed by atoms with Gasteiger partial charge in [-0.3, -0.25) is 4.79 Å². The molecule has 3 aromatic rings. The van der Waals surface area contributed by atoms with E-state index in [2.05, 4.69) is 25.5 Å². The van der Waals surface area contributed by atoms with Gasteiger partial charge in [0.15, 0.2) is 4.34 Å². The lowest BCUT2D eigenvalue weighted by Crippen LogP contribution is -2.44. The summed E-state index contributed by atoms with van der Waals surface area (Å²) in [7, 11) is 0. The Kier molecular flexibility index (Phi) is 5.91. The van der Waals surface area contributed by atoms with E-state index >= 15 is 0 Å². The van der Waals surface area contributed by atoms with Crippen LogP contribution in [0.25, 0.3) is 10.9 Å². The summed E-state index contributed by atoms with van der Waals surface area (Å²) < 4.78 is 14.4. The number of fused-ring (bicyclic) bond motifs is 1. The number of aryl methyl sites for hydroxylation is 2. The van der Waals surface area contributed by atoms with Crippen molar-refractivity contribution < 1.29 is 9.18 Å². The molecule has 0 radical (unpaired) electrons. The number of anilines is 1. The van der Waals surface area contributed by atoms with Crippen LogP contribution in [0, 0.1) is 19.7 Å². The number of carbonyl (C=O) groups is 1. The van der Waals surface area contributed by atoms with Crippen molar-refractivity contribution >= 4 is 45.9 Å². The van der Waals surface area contributed by atoms with Gasteiger partial charge in [0.25, 0.3) is 0 Å². The van der Waals surface area contributed by atoms with Gasteiger partial charge in [-0.2, -0.15) is 0 Å². The molecule has 0 aliphatic carbocycles. The van der Waals surface area contributed by atoms with Crippen LogP contribution in [0.5, 0.6) is 0 Å². The smallest absolute Gasteiger partial charge is 0.242 e. The monoisotopic (exact) mass is 432 g/mol. The average Bonchev–Trinajstić information content (AvgIpc) is 3.34. The van der Waals surface area contributed by atoms with Gasteiger partial charge in [0.1, 0.15) is 16.9 Å². The molecule has 1 N–H and O–H groups in total.